The maximum absolute atomic E-state index is 12.9. The van der Waals surface area contributed by atoms with Gasteiger partial charge in [-0.2, -0.15) is 0 Å². The normalized spacial score (nSPS) is 17.9. The van der Waals surface area contributed by atoms with Crippen LogP contribution in [0.25, 0.3) is 0 Å². The van der Waals surface area contributed by atoms with Crippen LogP contribution in [0.4, 0.5) is 5.69 Å². The minimum Gasteiger partial charge on any atom is -0.367 e. The van der Waals surface area contributed by atoms with Crippen LogP contribution >= 0.6 is 0 Å². The Morgan fingerprint density at radius 1 is 1.08 bits per heavy atom. The Bertz CT molecular complexity index is 1080. The first-order valence-corrected chi connectivity index (χ1v) is 14.2. The zero-order valence-corrected chi connectivity index (χ0v) is 23.5. The highest BCUT2D eigenvalue weighted by molar-refractivity contribution is 6.03. The fourth-order valence-corrected chi connectivity index (χ4v) is 6.09. The topological polar surface area (TPSA) is 52.6 Å². The number of piperidine rings is 1. The monoisotopic (exact) mass is 503 g/mol. The quantitative estimate of drug-likeness (QED) is 0.387. The van der Waals surface area contributed by atoms with Gasteiger partial charge in [0.05, 0.1) is 18.8 Å². The Kier molecular flexibility index (Phi) is 8.74. The lowest BCUT2D eigenvalue weighted by atomic mass is 9.81. The second kappa shape index (κ2) is 11.8. The van der Waals surface area contributed by atoms with Crippen LogP contribution in [0.3, 0.4) is 0 Å². The number of hydrogen-bond donors (Lipinski definition) is 1. The summed E-state index contributed by atoms with van der Waals surface area (Å²) in [5.41, 5.74) is 6.07. The first kappa shape index (κ1) is 27.4. The number of fused-ring (bicyclic) bond motifs is 1. The molecule has 0 spiro atoms. The molecule has 2 aromatic rings. The van der Waals surface area contributed by atoms with Gasteiger partial charge < -0.3 is 10.2 Å². The van der Waals surface area contributed by atoms with Crippen LogP contribution in [-0.4, -0.2) is 47.8 Å². The Hall–Kier alpha value is -2.66. The van der Waals surface area contributed by atoms with Gasteiger partial charge in [0.2, 0.25) is 0 Å². The first-order valence-electron chi connectivity index (χ1n) is 14.2. The van der Waals surface area contributed by atoms with E-state index >= 15 is 0 Å². The average Bonchev–Trinajstić information content (AvgIpc) is 2.90. The van der Waals surface area contributed by atoms with E-state index in [1.807, 2.05) is 13.0 Å². The van der Waals surface area contributed by atoms with Crippen molar-refractivity contribution < 1.29 is 9.59 Å². The molecule has 5 nitrogen and oxygen atoms in total. The third-order valence-corrected chi connectivity index (χ3v) is 8.40. The van der Waals surface area contributed by atoms with Gasteiger partial charge in [-0.1, -0.05) is 64.4 Å². The van der Waals surface area contributed by atoms with Crippen LogP contribution < -0.4 is 5.32 Å². The van der Waals surface area contributed by atoms with Gasteiger partial charge in [0.1, 0.15) is 0 Å². The molecule has 0 radical (unpaired) electrons. The summed E-state index contributed by atoms with van der Waals surface area (Å²) >= 11 is 0. The highest BCUT2D eigenvalue weighted by atomic mass is 16.2. The van der Waals surface area contributed by atoms with Crippen molar-refractivity contribution in [3.05, 3.63) is 64.7 Å². The molecule has 4 rings (SSSR count). The van der Waals surface area contributed by atoms with Gasteiger partial charge in [0.15, 0.2) is 5.78 Å². The van der Waals surface area contributed by atoms with Crippen molar-refractivity contribution in [2.24, 2.45) is 5.41 Å². The van der Waals surface area contributed by atoms with E-state index in [2.05, 4.69) is 74.3 Å². The number of nitrogens with zero attached hydrogens (tertiary/aromatic N) is 2. The van der Waals surface area contributed by atoms with Gasteiger partial charge in [-0.3, -0.25) is 14.5 Å². The molecule has 37 heavy (non-hydrogen) atoms. The predicted molar refractivity (Wildman–Crippen MR) is 152 cm³/mol. The summed E-state index contributed by atoms with van der Waals surface area (Å²) in [4.78, 5) is 28.9. The lowest BCUT2D eigenvalue weighted by molar-refractivity contribution is -0.119. The van der Waals surface area contributed by atoms with Gasteiger partial charge in [-0.05, 0) is 85.9 Å². The van der Waals surface area contributed by atoms with Crippen LogP contribution in [-0.2, 0) is 11.2 Å². The molecule has 5 heteroatoms. The molecule has 2 aromatic carbocycles. The van der Waals surface area contributed by atoms with E-state index in [-0.39, 0.29) is 18.2 Å². The number of nitrogens with one attached hydrogen (secondary N) is 1. The van der Waals surface area contributed by atoms with Crippen LogP contribution in [0.2, 0.25) is 0 Å². The van der Waals surface area contributed by atoms with E-state index in [1.54, 1.807) is 4.90 Å². The minimum absolute atomic E-state index is 0.0597. The number of anilines is 1. The summed E-state index contributed by atoms with van der Waals surface area (Å²) in [6.07, 6.45) is 6.45. The molecule has 0 bridgehead atoms. The van der Waals surface area contributed by atoms with Crippen molar-refractivity contribution in [2.45, 2.75) is 85.1 Å². The number of Topliss-reactive ketones (excluding diaryl/α,β-unsaturated/α-hetero) is 1. The third kappa shape index (κ3) is 6.62. The van der Waals surface area contributed by atoms with Crippen LogP contribution in [0.5, 0.6) is 0 Å². The second-order valence-corrected chi connectivity index (χ2v) is 11.9. The predicted octanol–water partition coefficient (Wildman–Crippen LogP) is 6.80. The Labute approximate surface area is 223 Å². The minimum atomic E-state index is -0.0597. The summed E-state index contributed by atoms with van der Waals surface area (Å²) in [5, 5.41) is 3.36. The molecule has 0 aromatic heterocycles. The van der Waals surface area contributed by atoms with E-state index in [0.29, 0.717) is 36.0 Å². The molecule has 2 heterocycles. The Morgan fingerprint density at radius 3 is 2.43 bits per heavy atom. The summed E-state index contributed by atoms with van der Waals surface area (Å²) in [7, 11) is 0. The molecule has 0 aliphatic carbocycles. The fraction of sp³-hybridized carbons (Fsp3) is 0.562. The van der Waals surface area contributed by atoms with E-state index in [1.165, 1.54) is 42.4 Å². The Balaban J connectivity index is 1.33. The standard InChI is InChI=1S/C32H45N3O2/c1-6-16-32(4,5)20-24-8-10-25(11-9-24)26-14-17-34(18-15-26)23(3)27-12-13-29-30(19-27)33-22-35(31(29)37)21-28(36)7-2/h8-13,19,23,26,33H,6-7,14-18,20-22H2,1-5H3. The molecule has 2 aliphatic heterocycles. The van der Waals surface area contributed by atoms with Gasteiger partial charge in [0.25, 0.3) is 5.91 Å². The number of rotatable bonds is 10. The number of ketones is 1. The number of benzene rings is 2. The van der Waals surface area contributed by atoms with E-state index in [4.69, 9.17) is 0 Å². The summed E-state index contributed by atoms with van der Waals surface area (Å²) < 4.78 is 0. The van der Waals surface area contributed by atoms with E-state index in [9.17, 15) is 9.59 Å². The summed E-state index contributed by atoms with van der Waals surface area (Å²) in [6.45, 7) is 13.8. The van der Waals surface area contributed by atoms with Crippen molar-refractivity contribution in [1.29, 1.82) is 0 Å². The molecule has 1 unspecified atom stereocenters. The first-order chi connectivity index (χ1) is 17.7. The maximum Gasteiger partial charge on any atom is 0.257 e. The molecule has 1 fully saturated rings. The smallest absolute Gasteiger partial charge is 0.257 e. The third-order valence-electron chi connectivity index (χ3n) is 8.40. The van der Waals surface area contributed by atoms with Crippen LogP contribution in [0.1, 0.15) is 106 Å². The summed E-state index contributed by atoms with van der Waals surface area (Å²) in [5.74, 6) is 0.649. The fourth-order valence-electron chi connectivity index (χ4n) is 6.09. The molecule has 1 amide bonds. The number of hydrogen-bond acceptors (Lipinski definition) is 4. The number of likely N-dealkylation sites (tertiary alicyclic amines) is 1. The highest BCUT2D eigenvalue weighted by Crippen LogP contribution is 2.35. The van der Waals surface area contributed by atoms with Gasteiger partial charge in [0, 0.05) is 18.2 Å². The van der Waals surface area contributed by atoms with Crippen molar-refractivity contribution in [2.75, 3.05) is 31.6 Å². The largest absolute Gasteiger partial charge is 0.367 e. The zero-order valence-electron chi connectivity index (χ0n) is 23.5. The van der Waals surface area contributed by atoms with Crippen LogP contribution in [0.15, 0.2) is 42.5 Å². The second-order valence-electron chi connectivity index (χ2n) is 11.9. The average molecular weight is 504 g/mol. The van der Waals surface area contributed by atoms with Gasteiger partial charge >= 0.3 is 0 Å². The molecule has 1 saturated heterocycles. The van der Waals surface area contributed by atoms with Crippen molar-refractivity contribution >= 4 is 17.4 Å². The number of carbonyl (C=O) groups is 2. The van der Waals surface area contributed by atoms with Gasteiger partial charge in [-0.25, -0.2) is 0 Å². The lowest BCUT2D eigenvalue weighted by Crippen LogP contribution is -2.42. The van der Waals surface area contributed by atoms with E-state index in [0.717, 1.165) is 25.2 Å². The van der Waals surface area contributed by atoms with Crippen molar-refractivity contribution in [3.63, 3.8) is 0 Å². The van der Waals surface area contributed by atoms with Gasteiger partial charge in [-0.15, -0.1) is 0 Å². The molecule has 2 aliphatic rings. The molecule has 0 saturated carbocycles. The summed E-state index contributed by atoms with van der Waals surface area (Å²) in [6, 6.07) is 15.9. The molecule has 1 N–H and O–H groups in total. The molecule has 1 atom stereocenters. The zero-order chi connectivity index (χ0) is 26.6. The molecular formula is C32H45N3O2. The molecular weight excluding hydrogens is 458 g/mol. The Morgan fingerprint density at radius 2 is 1.78 bits per heavy atom. The molecule has 200 valence electrons. The number of carbonyl (C=O) groups excluding carboxylic acids is 2. The maximum atomic E-state index is 12.9. The van der Waals surface area contributed by atoms with Crippen LogP contribution in [0, 0.1) is 5.41 Å². The van der Waals surface area contributed by atoms with Crippen molar-refractivity contribution in [1.82, 2.24) is 9.80 Å². The lowest BCUT2D eigenvalue weighted by Gasteiger charge is -2.37. The van der Waals surface area contributed by atoms with E-state index < -0.39 is 0 Å². The van der Waals surface area contributed by atoms with Crippen molar-refractivity contribution in [3.8, 4) is 0 Å². The SMILES string of the molecule is CCCC(C)(C)Cc1ccc(C2CCN(C(C)c3ccc4c(c3)NCN(CC(=O)CC)C4=O)CC2)cc1. The highest BCUT2D eigenvalue weighted by Gasteiger charge is 2.28. The number of amides is 1.